The van der Waals surface area contributed by atoms with Gasteiger partial charge in [-0.1, -0.05) is 20.8 Å². The molecule has 0 saturated carbocycles. The van der Waals surface area contributed by atoms with Gasteiger partial charge in [0.15, 0.2) is 37.2 Å². The summed E-state index contributed by atoms with van der Waals surface area (Å²) in [5, 5.41) is 0. The maximum absolute atomic E-state index is 13.2. The van der Waals surface area contributed by atoms with Crippen LogP contribution in [0, 0.1) is 5.41 Å². The Morgan fingerprint density at radius 1 is 0.652 bits per heavy atom. The van der Waals surface area contributed by atoms with E-state index in [4.69, 9.17) is 22.1 Å². The standard InChI is InChI=1S/C35H59O7Si4/c1-34(2,3)32(36)28-16-20-30(21-17-28)38-24-14-26-44(8,9)42-45(10,11)27-15-25-39-31-22-18-29(19-23-31)33(37)35(4,5)40-46(12,13)41-43(6)7/h16-23H,14-15,24-27H2,1-13H3. The van der Waals surface area contributed by atoms with Gasteiger partial charge in [0.1, 0.15) is 17.1 Å². The van der Waals surface area contributed by atoms with Crippen molar-refractivity contribution in [2.24, 2.45) is 5.41 Å². The van der Waals surface area contributed by atoms with Gasteiger partial charge in [0, 0.05) is 16.5 Å². The molecule has 0 aliphatic heterocycles. The fraction of sp³-hybridized carbons (Fsp3) is 0.600. The molecule has 0 spiro atoms. The normalized spacial score (nSPS) is 13.2. The minimum atomic E-state index is -2.41. The molecule has 2 aromatic carbocycles. The first-order chi connectivity index (χ1) is 21.0. The number of ketones is 2. The zero-order chi connectivity index (χ0) is 35.0. The van der Waals surface area contributed by atoms with Crippen LogP contribution in [0.25, 0.3) is 0 Å². The Morgan fingerprint density at radius 3 is 1.41 bits per heavy atom. The quantitative estimate of drug-likeness (QED) is 0.0819. The number of hydrogen-bond acceptors (Lipinski definition) is 7. The summed E-state index contributed by atoms with van der Waals surface area (Å²) >= 11 is 0. The summed E-state index contributed by atoms with van der Waals surface area (Å²) in [5.41, 5.74) is -0.0365. The molecule has 0 fully saturated rings. The first-order valence-corrected chi connectivity index (χ1v) is 27.9. The minimum absolute atomic E-state index is 0.0598. The largest absolute Gasteiger partial charge is 0.494 e. The molecule has 0 saturated heterocycles. The summed E-state index contributed by atoms with van der Waals surface area (Å²) < 4.78 is 31.1. The predicted molar refractivity (Wildman–Crippen MR) is 198 cm³/mol. The average molecular weight is 704 g/mol. The average Bonchev–Trinajstić information content (AvgIpc) is 2.91. The van der Waals surface area contributed by atoms with Crippen LogP contribution in [0.2, 0.25) is 64.5 Å². The summed E-state index contributed by atoms with van der Waals surface area (Å²) in [6, 6.07) is 16.9. The van der Waals surface area contributed by atoms with E-state index in [1.165, 1.54) is 0 Å². The fourth-order valence-electron chi connectivity index (χ4n) is 5.58. The Kier molecular flexibility index (Phi) is 14.4. The van der Waals surface area contributed by atoms with Crippen molar-refractivity contribution >= 4 is 45.8 Å². The van der Waals surface area contributed by atoms with Gasteiger partial charge in [-0.2, -0.15) is 0 Å². The van der Waals surface area contributed by atoms with Crippen LogP contribution in [0.5, 0.6) is 11.5 Å². The molecule has 2 aromatic rings. The summed E-state index contributed by atoms with van der Waals surface area (Å²) in [5.74, 6) is 1.62. The molecule has 0 unspecified atom stereocenters. The lowest BCUT2D eigenvalue weighted by Crippen LogP contribution is -2.49. The summed E-state index contributed by atoms with van der Waals surface area (Å²) in [6.07, 6.45) is 1.85. The van der Waals surface area contributed by atoms with Crippen LogP contribution in [0.4, 0.5) is 0 Å². The number of carbonyl (C=O) groups excluding carboxylic acids is 2. The van der Waals surface area contributed by atoms with Crippen molar-refractivity contribution in [1.82, 2.24) is 0 Å². The van der Waals surface area contributed by atoms with Crippen LogP contribution in [-0.2, 0) is 12.7 Å². The molecular formula is C35H59O7Si4. The highest BCUT2D eigenvalue weighted by Crippen LogP contribution is 2.27. The lowest BCUT2D eigenvalue weighted by Gasteiger charge is -2.34. The highest BCUT2D eigenvalue weighted by molar-refractivity contribution is 6.84. The van der Waals surface area contributed by atoms with E-state index in [0.717, 1.165) is 36.4 Å². The summed E-state index contributed by atoms with van der Waals surface area (Å²) in [4.78, 5) is 25.7. The molecular weight excluding hydrogens is 645 g/mol. The highest BCUT2D eigenvalue weighted by atomic mass is 28.4. The number of benzene rings is 2. The van der Waals surface area contributed by atoms with Crippen molar-refractivity contribution in [3.63, 3.8) is 0 Å². The molecule has 7 nitrogen and oxygen atoms in total. The van der Waals surface area contributed by atoms with E-state index >= 15 is 0 Å². The van der Waals surface area contributed by atoms with Crippen molar-refractivity contribution < 1.29 is 31.7 Å². The Labute approximate surface area is 284 Å². The van der Waals surface area contributed by atoms with Gasteiger partial charge in [0.2, 0.25) is 0 Å². The molecule has 0 atom stereocenters. The molecule has 0 amide bonds. The monoisotopic (exact) mass is 703 g/mol. The van der Waals surface area contributed by atoms with E-state index in [1.807, 2.05) is 96.2 Å². The molecule has 1 radical (unpaired) electrons. The number of rotatable bonds is 19. The first kappa shape index (κ1) is 40.3. The third-order valence-corrected chi connectivity index (χ3v) is 19.5. The van der Waals surface area contributed by atoms with Gasteiger partial charge in [-0.3, -0.25) is 9.59 Å². The second-order valence-corrected chi connectivity index (χ2v) is 30.0. The van der Waals surface area contributed by atoms with Crippen molar-refractivity contribution in [3.05, 3.63) is 59.7 Å². The first-order valence-electron chi connectivity index (χ1n) is 16.5. The van der Waals surface area contributed by atoms with Crippen molar-refractivity contribution in [2.75, 3.05) is 13.2 Å². The van der Waals surface area contributed by atoms with Crippen molar-refractivity contribution in [1.29, 1.82) is 0 Å². The number of hydrogen-bond donors (Lipinski definition) is 0. The molecule has 0 aliphatic carbocycles. The second kappa shape index (κ2) is 16.5. The van der Waals surface area contributed by atoms with Crippen LogP contribution in [0.1, 0.15) is 68.2 Å². The maximum Gasteiger partial charge on any atom is 0.322 e. The van der Waals surface area contributed by atoms with Crippen molar-refractivity contribution in [3.8, 4) is 11.5 Å². The van der Waals surface area contributed by atoms with E-state index in [9.17, 15) is 9.59 Å². The third kappa shape index (κ3) is 14.1. The van der Waals surface area contributed by atoms with E-state index in [0.29, 0.717) is 24.3 Å². The Morgan fingerprint density at radius 2 is 1.04 bits per heavy atom. The van der Waals surface area contributed by atoms with Gasteiger partial charge in [0.05, 0.1) is 13.2 Å². The summed E-state index contributed by atoms with van der Waals surface area (Å²) in [7, 11) is -7.04. The molecule has 11 heteroatoms. The lowest BCUT2D eigenvalue weighted by molar-refractivity contribution is 0.0479. The molecule has 0 bridgehead atoms. The van der Waals surface area contributed by atoms with E-state index in [1.54, 1.807) is 0 Å². The van der Waals surface area contributed by atoms with Gasteiger partial charge >= 0.3 is 8.56 Å². The number of ether oxygens (including phenoxy) is 2. The van der Waals surface area contributed by atoms with E-state index in [-0.39, 0.29) is 11.6 Å². The van der Waals surface area contributed by atoms with Crippen molar-refractivity contribution in [2.45, 2.75) is 118 Å². The minimum Gasteiger partial charge on any atom is -0.494 e. The number of carbonyl (C=O) groups is 2. The molecule has 46 heavy (non-hydrogen) atoms. The summed E-state index contributed by atoms with van der Waals surface area (Å²) in [6.45, 7) is 28.0. The lowest BCUT2D eigenvalue weighted by atomic mass is 9.86. The zero-order valence-corrected chi connectivity index (χ0v) is 34.7. The van der Waals surface area contributed by atoms with E-state index in [2.05, 4.69) is 39.3 Å². The smallest absolute Gasteiger partial charge is 0.322 e. The Bertz CT molecular complexity index is 1270. The van der Waals surface area contributed by atoms with Gasteiger partial charge in [-0.15, -0.1) is 0 Å². The highest BCUT2D eigenvalue weighted by Gasteiger charge is 2.39. The maximum atomic E-state index is 13.2. The molecule has 257 valence electrons. The number of Topliss-reactive ketones (excluding diaryl/α,β-unsaturated/α-hetero) is 2. The van der Waals surface area contributed by atoms with Gasteiger partial charge in [-0.25, -0.2) is 0 Å². The Balaban J connectivity index is 1.75. The third-order valence-electron chi connectivity index (χ3n) is 7.35. The topological polar surface area (TPSA) is 80.3 Å². The van der Waals surface area contributed by atoms with Crippen LogP contribution in [0.15, 0.2) is 48.5 Å². The van der Waals surface area contributed by atoms with Gasteiger partial charge < -0.3 is 22.1 Å². The van der Waals surface area contributed by atoms with Crippen LogP contribution >= 0.6 is 0 Å². The van der Waals surface area contributed by atoms with Crippen LogP contribution < -0.4 is 9.47 Å². The predicted octanol–water partition coefficient (Wildman–Crippen LogP) is 9.53. The van der Waals surface area contributed by atoms with Crippen LogP contribution in [-0.4, -0.2) is 64.6 Å². The zero-order valence-electron chi connectivity index (χ0n) is 30.7. The molecule has 2 rings (SSSR count). The van der Waals surface area contributed by atoms with Gasteiger partial charge in [0.25, 0.3) is 0 Å². The second-order valence-electron chi connectivity index (χ2n) is 15.5. The Hall–Kier alpha value is -1.87. The van der Waals surface area contributed by atoms with E-state index < -0.39 is 45.3 Å². The molecule has 0 aliphatic rings. The SMILES string of the molecule is C[Si](C)O[Si](C)(C)OC(C)(C)C(=O)c1ccc(OCCC[Si](C)(C)O[Si](C)(C)CCCOc2ccc(C(=O)C(C)(C)C)cc2)cc1. The van der Waals surface area contributed by atoms with Crippen LogP contribution in [0.3, 0.4) is 0 Å². The molecule has 0 aromatic heterocycles. The fourth-order valence-corrected chi connectivity index (χ4v) is 19.8. The molecule has 0 N–H and O–H groups in total. The molecule has 0 heterocycles. The van der Waals surface area contributed by atoms with Gasteiger partial charge in [-0.05, 0) is 140 Å².